The first-order chi connectivity index (χ1) is 16.3. The molecule has 0 saturated carbocycles. The van der Waals surface area contributed by atoms with Gasteiger partial charge in [-0.05, 0) is 62.9 Å². The van der Waals surface area contributed by atoms with Crippen molar-refractivity contribution in [1.82, 2.24) is 4.98 Å². The summed E-state index contributed by atoms with van der Waals surface area (Å²) in [5.74, 6) is 0.899. The highest BCUT2D eigenvalue weighted by Crippen LogP contribution is 2.24. The molecule has 0 amide bonds. The van der Waals surface area contributed by atoms with Crippen molar-refractivity contribution in [1.29, 1.82) is 0 Å². The first kappa shape index (κ1) is 25.0. The maximum atomic E-state index is 11.2. The lowest BCUT2D eigenvalue weighted by atomic mass is 10.0. The summed E-state index contributed by atoms with van der Waals surface area (Å²) in [6, 6.07) is 13.8. The molecule has 1 aromatic heterocycles. The Morgan fingerprint density at radius 3 is 2.47 bits per heavy atom. The van der Waals surface area contributed by atoms with Crippen LogP contribution in [0.1, 0.15) is 54.8 Å². The van der Waals surface area contributed by atoms with Gasteiger partial charge in [0, 0.05) is 12.0 Å². The topological polar surface area (TPSA) is 94.2 Å². The van der Waals surface area contributed by atoms with Crippen molar-refractivity contribution in [3.63, 3.8) is 0 Å². The first-order valence-electron chi connectivity index (χ1n) is 11.5. The maximum absolute atomic E-state index is 11.2. The normalized spacial score (nSPS) is 12.4. The number of aryl methyl sites for hydroxylation is 3. The molecule has 1 atom stereocenters. The molecule has 0 aliphatic heterocycles. The van der Waals surface area contributed by atoms with Gasteiger partial charge in [0.1, 0.15) is 17.2 Å². The molecule has 2 aromatic carbocycles. The van der Waals surface area contributed by atoms with Gasteiger partial charge in [-0.25, -0.2) is 9.78 Å². The van der Waals surface area contributed by atoms with Crippen LogP contribution in [0, 0.1) is 20.8 Å². The molecule has 0 bridgehead atoms. The monoisotopic (exact) mass is 464 g/mol. The summed E-state index contributed by atoms with van der Waals surface area (Å²) in [6.45, 7) is 9.86. The van der Waals surface area contributed by atoms with Crippen LogP contribution in [0.25, 0.3) is 11.5 Å². The third-order valence-corrected chi connectivity index (χ3v) is 5.56. The molecule has 0 fully saturated rings. The largest absolute Gasteiger partial charge is 0.479 e. The van der Waals surface area contributed by atoms with Gasteiger partial charge in [0.2, 0.25) is 5.89 Å². The zero-order chi connectivity index (χ0) is 24.7. The van der Waals surface area contributed by atoms with E-state index in [1.807, 2.05) is 70.2 Å². The molecule has 3 aromatic rings. The molecule has 0 radical (unpaired) electrons. The van der Waals surface area contributed by atoms with Crippen LogP contribution < -0.4 is 4.74 Å². The summed E-state index contributed by atoms with van der Waals surface area (Å²) in [7, 11) is 0. The minimum absolute atomic E-state index is 0.226. The average molecular weight is 465 g/mol. The number of nitrogens with zero attached hydrogens (tertiary/aromatic N) is 2. The van der Waals surface area contributed by atoms with E-state index >= 15 is 0 Å². The van der Waals surface area contributed by atoms with Crippen LogP contribution in [0.2, 0.25) is 0 Å². The summed E-state index contributed by atoms with van der Waals surface area (Å²) in [4.78, 5) is 21.4. The molecule has 1 heterocycles. The molecule has 0 aliphatic carbocycles. The number of aliphatic carboxylic acids is 1. The predicted octanol–water partition coefficient (Wildman–Crippen LogP) is 6.03. The van der Waals surface area contributed by atoms with Gasteiger partial charge in [-0.15, -0.1) is 0 Å². The van der Waals surface area contributed by atoms with Gasteiger partial charge in [0.05, 0.1) is 5.71 Å². The Kier molecular flexibility index (Phi) is 8.46. The number of hydrogen-bond donors (Lipinski definition) is 1. The average Bonchev–Trinajstić information content (AvgIpc) is 3.18. The van der Waals surface area contributed by atoms with Crippen LogP contribution in [0.5, 0.6) is 5.75 Å². The summed E-state index contributed by atoms with van der Waals surface area (Å²) >= 11 is 0. The third kappa shape index (κ3) is 6.47. The van der Waals surface area contributed by atoms with E-state index in [1.165, 1.54) is 5.56 Å². The van der Waals surface area contributed by atoms with E-state index in [0.29, 0.717) is 30.2 Å². The number of carboxylic acids is 1. The van der Waals surface area contributed by atoms with E-state index in [4.69, 9.17) is 14.0 Å². The van der Waals surface area contributed by atoms with Crippen LogP contribution in [-0.2, 0) is 22.7 Å². The van der Waals surface area contributed by atoms with Crippen LogP contribution >= 0.6 is 0 Å². The highest BCUT2D eigenvalue weighted by Gasteiger charge is 2.18. The van der Waals surface area contributed by atoms with Crippen molar-refractivity contribution in [3.05, 3.63) is 70.6 Å². The fourth-order valence-electron chi connectivity index (χ4n) is 3.44. The number of aromatic nitrogens is 1. The second-order valence-corrected chi connectivity index (χ2v) is 8.30. The Hall–Kier alpha value is -3.61. The van der Waals surface area contributed by atoms with Gasteiger partial charge in [-0.2, -0.15) is 0 Å². The summed E-state index contributed by atoms with van der Waals surface area (Å²) in [5.41, 5.74) is 5.65. The smallest absolute Gasteiger partial charge is 0.344 e. The van der Waals surface area contributed by atoms with Gasteiger partial charge in [0.25, 0.3) is 0 Å². The molecule has 3 rings (SSSR count). The van der Waals surface area contributed by atoms with Crippen LogP contribution in [0.4, 0.5) is 0 Å². The quantitative estimate of drug-likeness (QED) is 0.275. The predicted molar refractivity (Wildman–Crippen MR) is 131 cm³/mol. The number of carboxylic acid groups (broad SMARTS) is 1. The Morgan fingerprint density at radius 1 is 1.12 bits per heavy atom. The second kappa shape index (κ2) is 11.5. The van der Waals surface area contributed by atoms with E-state index in [0.717, 1.165) is 34.5 Å². The molecule has 1 N–H and O–H groups in total. The fourth-order valence-corrected chi connectivity index (χ4v) is 3.44. The summed E-state index contributed by atoms with van der Waals surface area (Å²) < 4.78 is 11.4. The minimum atomic E-state index is -0.961. The number of oxime groups is 1. The van der Waals surface area contributed by atoms with Crippen LogP contribution in [-0.4, -0.2) is 27.9 Å². The highest BCUT2D eigenvalue weighted by atomic mass is 16.6. The molecule has 7 heteroatoms. The molecular weight excluding hydrogens is 432 g/mol. The van der Waals surface area contributed by atoms with Crippen LogP contribution in [0.3, 0.4) is 0 Å². The van der Waals surface area contributed by atoms with Gasteiger partial charge >= 0.3 is 5.97 Å². The number of ether oxygens (including phenoxy) is 1. The van der Waals surface area contributed by atoms with Crippen LogP contribution in [0.15, 0.2) is 52.0 Å². The Balaban J connectivity index is 1.62. The van der Waals surface area contributed by atoms with Crippen molar-refractivity contribution in [2.45, 2.75) is 66.6 Å². The molecule has 180 valence electrons. The zero-order valence-corrected chi connectivity index (χ0v) is 20.4. The van der Waals surface area contributed by atoms with E-state index in [9.17, 15) is 9.90 Å². The SMILES string of the molecule is CCC(Cc1ccc(OC(CC)C(=O)O)c(C)c1)=NOCc1nc(-c2ccc(C)cc2)oc1C. The van der Waals surface area contributed by atoms with E-state index in [1.54, 1.807) is 6.92 Å². The molecule has 0 spiro atoms. The third-order valence-electron chi connectivity index (χ3n) is 5.56. The van der Waals surface area contributed by atoms with Gasteiger partial charge in [-0.1, -0.05) is 48.8 Å². The van der Waals surface area contributed by atoms with Gasteiger partial charge < -0.3 is 19.1 Å². The molecule has 1 unspecified atom stereocenters. The summed E-state index contributed by atoms with van der Waals surface area (Å²) in [5, 5.41) is 13.5. The van der Waals surface area contributed by atoms with Crippen molar-refractivity contribution >= 4 is 11.7 Å². The maximum Gasteiger partial charge on any atom is 0.344 e. The van der Waals surface area contributed by atoms with E-state index in [-0.39, 0.29) is 6.61 Å². The van der Waals surface area contributed by atoms with E-state index < -0.39 is 12.1 Å². The van der Waals surface area contributed by atoms with Crippen molar-refractivity contribution in [2.24, 2.45) is 5.16 Å². The van der Waals surface area contributed by atoms with Gasteiger partial charge in [-0.3, -0.25) is 0 Å². The number of carbonyl (C=O) groups is 1. The number of hydrogen-bond acceptors (Lipinski definition) is 6. The molecule has 0 aliphatic rings. The standard InChI is InChI=1S/C27H32N2O5/c1-6-22(15-20-10-13-25(18(4)14-20)34-24(7-2)27(30)31)29-32-16-23-19(5)33-26(28-23)21-11-8-17(3)9-12-21/h8-14,24H,6-7,15-16H2,1-5H3,(H,30,31). The van der Waals surface area contributed by atoms with Crippen molar-refractivity contribution in [3.8, 4) is 17.2 Å². The Bertz CT molecular complexity index is 1150. The minimum Gasteiger partial charge on any atom is -0.479 e. The lowest BCUT2D eigenvalue weighted by Crippen LogP contribution is -2.26. The first-order valence-corrected chi connectivity index (χ1v) is 11.5. The van der Waals surface area contributed by atoms with Crippen molar-refractivity contribution < 1.29 is 23.9 Å². The lowest BCUT2D eigenvalue weighted by molar-refractivity contribution is -0.145. The fraction of sp³-hybridized carbons (Fsp3) is 0.370. The number of rotatable bonds is 11. The van der Waals surface area contributed by atoms with E-state index in [2.05, 4.69) is 10.1 Å². The highest BCUT2D eigenvalue weighted by molar-refractivity contribution is 5.85. The second-order valence-electron chi connectivity index (χ2n) is 8.30. The number of oxazole rings is 1. The summed E-state index contributed by atoms with van der Waals surface area (Å²) in [6.07, 6.45) is 0.913. The zero-order valence-electron chi connectivity index (χ0n) is 20.4. The Morgan fingerprint density at radius 2 is 1.85 bits per heavy atom. The molecule has 0 saturated heterocycles. The Labute approximate surface area is 200 Å². The van der Waals surface area contributed by atoms with Gasteiger partial charge in [0.15, 0.2) is 12.7 Å². The lowest BCUT2D eigenvalue weighted by Gasteiger charge is -2.16. The molecule has 7 nitrogen and oxygen atoms in total. The number of benzene rings is 2. The molecular formula is C27H32N2O5. The van der Waals surface area contributed by atoms with Crippen molar-refractivity contribution in [2.75, 3.05) is 0 Å². The molecule has 34 heavy (non-hydrogen) atoms.